The van der Waals surface area contributed by atoms with Gasteiger partial charge in [0.05, 0.1) is 22.9 Å². The van der Waals surface area contributed by atoms with Crippen LogP contribution in [0, 0.1) is 0 Å². The topological polar surface area (TPSA) is 78.8 Å². The summed E-state index contributed by atoms with van der Waals surface area (Å²) in [4.78, 5) is 27.3. The summed E-state index contributed by atoms with van der Waals surface area (Å²) in [6.07, 6.45) is 5.94. The fraction of sp³-hybridized carbons (Fsp3) is 0.286. The molecule has 3 aromatic heterocycles. The highest BCUT2D eigenvalue weighted by Crippen LogP contribution is 2.32. The van der Waals surface area contributed by atoms with Gasteiger partial charge in [0.25, 0.3) is 5.91 Å². The van der Waals surface area contributed by atoms with E-state index in [4.69, 9.17) is 0 Å². The molecule has 2 N–H and O–H groups in total. The number of nitrogens with zero attached hydrogens (tertiary/aromatic N) is 4. The molecule has 7 heteroatoms. The minimum atomic E-state index is -0.183. The Hall–Kier alpha value is -3.19. The third kappa shape index (κ3) is 2.84. The lowest BCUT2D eigenvalue weighted by molar-refractivity contribution is 0.102. The number of imidazole rings is 1. The maximum atomic E-state index is 12.7. The molecule has 0 saturated carbocycles. The van der Waals surface area contributed by atoms with Crippen LogP contribution in [0.25, 0.3) is 21.9 Å². The van der Waals surface area contributed by atoms with E-state index in [0.29, 0.717) is 17.4 Å². The molecule has 1 amide bonds. The van der Waals surface area contributed by atoms with Gasteiger partial charge in [0.15, 0.2) is 0 Å². The smallest absolute Gasteiger partial charge is 0.256 e. The summed E-state index contributed by atoms with van der Waals surface area (Å²) in [7, 11) is 4.07. The van der Waals surface area contributed by atoms with Gasteiger partial charge in [-0.05, 0) is 50.7 Å². The maximum absolute atomic E-state index is 12.7. The number of amides is 1. The van der Waals surface area contributed by atoms with Crippen molar-refractivity contribution in [2.75, 3.05) is 18.9 Å². The summed E-state index contributed by atoms with van der Waals surface area (Å²) in [5.74, 6) is 0.355. The number of benzene rings is 1. The standard InChI is InChI=1S/C21H22N6O/c1-26-7-3-4-18(26)17-8-14-11-22-20(10-16(14)24-17)25-21(28)13-5-6-15-19(9-13)27(2)12-23-15/h5-6,8-12,18,24H,3-4,7H2,1-2H3,(H,22,25,28)/t18-/m1/s1. The van der Waals surface area contributed by atoms with Gasteiger partial charge in [-0.1, -0.05) is 0 Å². The van der Waals surface area contributed by atoms with Gasteiger partial charge in [-0.15, -0.1) is 0 Å². The molecule has 1 atom stereocenters. The molecule has 0 unspecified atom stereocenters. The van der Waals surface area contributed by atoms with Crippen molar-refractivity contribution in [3.63, 3.8) is 0 Å². The second-order valence-corrected chi connectivity index (χ2v) is 7.53. The van der Waals surface area contributed by atoms with E-state index in [1.54, 1.807) is 12.4 Å². The van der Waals surface area contributed by atoms with Crippen molar-refractivity contribution in [1.82, 2.24) is 24.4 Å². The van der Waals surface area contributed by atoms with Gasteiger partial charge < -0.3 is 14.9 Å². The predicted octanol–water partition coefficient (Wildman–Crippen LogP) is 3.47. The van der Waals surface area contributed by atoms with Crippen molar-refractivity contribution in [2.24, 2.45) is 7.05 Å². The van der Waals surface area contributed by atoms with Gasteiger partial charge in [0.2, 0.25) is 0 Å². The molecular weight excluding hydrogens is 352 g/mol. The molecular formula is C21H22N6O. The number of nitrogens with one attached hydrogen (secondary N) is 2. The Labute approximate surface area is 162 Å². The van der Waals surface area contributed by atoms with Gasteiger partial charge >= 0.3 is 0 Å². The van der Waals surface area contributed by atoms with E-state index in [9.17, 15) is 4.79 Å². The van der Waals surface area contributed by atoms with Gasteiger partial charge in [-0.25, -0.2) is 9.97 Å². The third-order valence-electron chi connectivity index (χ3n) is 5.63. The molecule has 1 aromatic carbocycles. The van der Waals surface area contributed by atoms with Crippen LogP contribution in [0.2, 0.25) is 0 Å². The zero-order chi connectivity index (χ0) is 19.3. The zero-order valence-electron chi connectivity index (χ0n) is 15.9. The van der Waals surface area contributed by atoms with Crippen LogP contribution in [0.3, 0.4) is 0 Å². The van der Waals surface area contributed by atoms with E-state index in [1.807, 2.05) is 36.0 Å². The van der Waals surface area contributed by atoms with Crippen LogP contribution in [0.5, 0.6) is 0 Å². The van der Waals surface area contributed by atoms with Crippen LogP contribution in [-0.2, 0) is 7.05 Å². The molecule has 4 aromatic rings. The number of aromatic amines is 1. The van der Waals surface area contributed by atoms with Crippen LogP contribution >= 0.6 is 0 Å². The Morgan fingerprint density at radius 2 is 2.11 bits per heavy atom. The first-order valence-electron chi connectivity index (χ1n) is 9.50. The molecule has 1 fully saturated rings. The highest BCUT2D eigenvalue weighted by Gasteiger charge is 2.24. The van der Waals surface area contributed by atoms with E-state index in [0.717, 1.165) is 34.9 Å². The van der Waals surface area contributed by atoms with Crippen molar-refractivity contribution in [3.8, 4) is 0 Å². The highest BCUT2D eigenvalue weighted by molar-refractivity contribution is 6.06. The first kappa shape index (κ1) is 16.9. The van der Waals surface area contributed by atoms with Crippen LogP contribution in [0.15, 0.2) is 42.9 Å². The van der Waals surface area contributed by atoms with E-state index in [-0.39, 0.29) is 5.91 Å². The second-order valence-electron chi connectivity index (χ2n) is 7.53. The van der Waals surface area contributed by atoms with Crippen molar-refractivity contribution >= 4 is 33.7 Å². The first-order valence-corrected chi connectivity index (χ1v) is 9.50. The monoisotopic (exact) mass is 374 g/mol. The largest absolute Gasteiger partial charge is 0.357 e. The Kier molecular flexibility index (Phi) is 3.91. The number of aromatic nitrogens is 4. The second kappa shape index (κ2) is 6.45. The van der Waals surface area contributed by atoms with E-state index >= 15 is 0 Å². The van der Waals surface area contributed by atoms with Gasteiger partial charge in [-0.3, -0.25) is 9.69 Å². The molecule has 0 bridgehead atoms. The quantitative estimate of drug-likeness (QED) is 0.576. The zero-order valence-corrected chi connectivity index (χ0v) is 15.9. The number of aryl methyl sites for hydroxylation is 1. The summed E-state index contributed by atoms with van der Waals surface area (Å²) >= 11 is 0. The molecule has 1 aliphatic rings. The number of likely N-dealkylation sites (tertiary alicyclic amines) is 1. The Morgan fingerprint density at radius 1 is 1.21 bits per heavy atom. The summed E-state index contributed by atoms with van der Waals surface area (Å²) < 4.78 is 1.90. The van der Waals surface area contributed by atoms with Crippen molar-refractivity contribution in [3.05, 3.63) is 54.1 Å². The Morgan fingerprint density at radius 3 is 2.93 bits per heavy atom. The molecule has 4 heterocycles. The normalized spacial score (nSPS) is 17.6. The molecule has 0 radical (unpaired) electrons. The molecule has 142 valence electrons. The van der Waals surface area contributed by atoms with Crippen LogP contribution in [-0.4, -0.2) is 43.9 Å². The fourth-order valence-corrected chi connectivity index (χ4v) is 4.06. The molecule has 0 spiro atoms. The summed E-state index contributed by atoms with van der Waals surface area (Å²) in [6.45, 7) is 1.13. The van der Waals surface area contributed by atoms with Crippen LogP contribution < -0.4 is 5.32 Å². The maximum Gasteiger partial charge on any atom is 0.256 e. The summed E-state index contributed by atoms with van der Waals surface area (Å²) in [6, 6.07) is 9.97. The molecule has 7 nitrogen and oxygen atoms in total. The minimum absolute atomic E-state index is 0.183. The number of fused-ring (bicyclic) bond motifs is 2. The average molecular weight is 374 g/mol. The summed E-state index contributed by atoms with van der Waals surface area (Å²) in [5.41, 5.74) is 4.57. The van der Waals surface area contributed by atoms with E-state index in [1.165, 1.54) is 12.1 Å². The SMILES string of the molecule is CN1CCC[C@@H]1c1cc2cnc(NC(=O)c3ccc4ncn(C)c4c3)cc2[nH]1. The predicted molar refractivity (Wildman–Crippen MR) is 109 cm³/mol. The van der Waals surface area contributed by atoms with Gasteiger partial charge in [0, 0.05) is 42.0 Å². The Bertz CT molecular complexity index is 1190. The molecule has 0 aliphatic carbocycles. The van der Waals surface area contributed by atoms with Crippen molar-refractivity contribution in [1.29, 1.82) is 0 Å². The number of anilines is 1. The molecule has 1 aliphatic heterocycles. The summed E-state index contributed by atoms with van der Waals surface area (Å²) in [5, 5.41) is 3.96. The highest BCUT2D eigenvalue weighted by atomic mass is 16.1. The molecule has 5 rings (SSSR count). The number of hydrogen-bond acceptors (Lipinski definition) is 4. The number of carbonyl (C=O) groups is 1. The van der Waals surface area contributed by atoms with Crippen LogP contribution in [0.4, 0.5) is 5.82 Å². The fourth-order valence-electron chi connectivity index (χ4n) is 4.06. The van der Waals surface area contributed by atoms with Gasteiger partial charge in [-0.2, -0.15) is 0 Å². The number of hydrogen-bond donors (Lipinski definition) is 2. The van der Waals surface area contributed by atoms with E-state index in [2.05, 4.69) is 38.3 Å². The lowest BCUT2D eigenvalue weighted by Gasteiger charge is -2.17. The number of pyridine rings is 1. The number of carbonyl (C=O) groups excluding carboxylic acids is 1. The van der Waals surface area contributed by atoms with Crippen LogP contribution in [0.1, 0.15) is 34.9 Å². The van der Waals surface area contributed by atoms with Crippen molar-refractivity contribution in [2.45, 2.75) is 18.9 Å². The number of H-pyrrole nitrogens is 1. The number of rotatable bonds is 3. The average Bonchev–Trinajstić information content (AvgIpc) is 3.39. The lowest BCUT2D eigenvalue weighted by Crippen LogP contribution is -2.17. The lowest BCUT2D eigenvalue weighted by atomic mass is 10.1. The van der Waals surface area contributed by atoms with Crippen molar-refractivity contribution < 1.29 is 4.79 Å². The van der Waals surface area contributed by atoms with E-state index < -0.39 is 0 Å². The Balaban J connectivity index is 1.40. The minimum Gasteiger partial charge on any atom is -0.357 e. The molecule has 28 heavy (non-hydrogen) atoms. The first-order chi connectivity index (χ1) is 13.6. The van der Waals surface area contributed by atoms with Gasteiger partial charge in [0.1, 0.15) is 5.82 Å². The molecule has 1 saturated heterocycles. The third-order valence-corrected chi connectivity index (χ3v) is 5.63.